The van der Waals surface area contributed by atoms with E-state index in [1.54, 1.807) is 0 Å². The highest BCUT2D eigenvalue weighted by molar-refractivity contribution is 5.29. The fourth-order valence-electron chi connectivity index (χ4n) is 1.97. The van der Waals surface area contributed by atoms with Crippen LogP contribution in [-0.4, -0.2) is 31.3 Å². The second kappa shape index (κ2) is 5.98. The quantitative estimate of drug-likeness (QED) is 0.863. The first kappa shape index (κ1) is 12.3. The number of aromatic nitrogens is 1. The SMILES string of the molecule is CNCc1nc(C)ccc1OC1CCOCC1. The Labute approximate surface area is 102 Å². The Hall–Kier alpha value is -1.13. The number of rotatable bonds is 4. The van der Waals surface area contributed by atoms with E-state index >= 15 is 0 Å². The summed E-state index contributed by atoms with van der Waals surface area (Å²) >= 11 is 0. The molecule has 94 valence electrons. The molecule has 0 saturated carbocycles. The molecule has 4 nitrogen and oxygen atoms in total. The lowest BCUT2D eigenvalue weighted by Crippen LogP contribution is -2.26. The van der Waals surface area contributed by atoms with Gasteiger partial charge in [0.25, 0.3) is 0 Å². The number of ether oxygens (including phenoxy) is 2. The van der Waals surface area contributed by atoms with Crippen molar-refractivity contribution in [3.63, 3.8) is 0 Å². The summed E-state index contributed by atoms with van der Waals surface area (Å²) in [6, 6.07) is 4.01. The third-order valence-electron chi connectivity index (χ3n) is 2.88. The predicted octanol–water partition coefficient (Wildman–Crippen LogP) is 1.67. The Kier molecular flexibility index (Phi) is 4.34. The van der Waals surface area contributed by atoms with Crippen LogP contribution >= 0.6 is 0 Å². The van der Waals surface area contributed by atoms with Crippen molar-refractivity contribution in [1.82, 2.24) is 10.3 Å². The van der Waals surface area contributed by atoms with Gasteiger partial charge in [-0.2, -0.15) is 0 Å². The van der Waals surface area contributed by atoms with Gasteiger partial charge in [0.15, 0.2) is 0 Å². The van der Waals surface area contributed by atoms with Crippen LogP contribution in [0.4, 0.5) is 0 Å². The maximum atomic E-state index is 6.01. The molecule has 1 aromatic heterocycles. The van der Waals surface area contributed by atoms with E-state index in [1.165, 1.54) is 0 Å². The molecule has 1 aliphatic rings. The van der Waals surface area contributed by atoms with Crippen LogP contribution in [0.15, 0.2) is 12.1 Å². The Morgan fingerprint density at radius 1 is 1.41 bits per heavy atom. The van der Waals surface area contributed by atoms with Gasteiger partial charge in [0.2, 0.25) is 0 Å². The van der Waals surface area contributed by atoms with E-state index in [0.29, 0.717) is 0 Å². The van der Waals surface area contributed by atoms with Crippen LogP contribution in [-0.2, 0) is 11.3 Å². The molecule has 2 heterocycles. The second-order valence-electron chi connectivity index (χ2n) is 4.36. The molecular formula is C13H20N2O2. The zero-order valence-electron chi connectivity index (χ0n) is 10.5. The molecule has 0 unspecified atom stereocenters. The summed E-state index contributed by atoms with van der Waals surface area (Å²) in [5.74, 6) is 0.900. The topological polar surface area (TPSA) is 43.4 Å². The van der Waals surface area contributed by atoms with Gasteiger partial charge in [-0.25, -0.2) is 0 Å². The summed E-state index contributed by atoms with van der Waals surface area (Å²) in [6.07, 6.45) is 2.20. The zero-order chi connectivity index (χ0) is 12.1. The molecule has 0 amide bonds. The number of hydrogen-bond acceptors (Lipinski definition) is 4. The van der Waals surface area contributed by atoms with E-state index in [0.717, 1.165) is 49.7 Å². The van der Waals surface area contributed by atoms with Gasteiger partial charge in [0.1, 0.15) is 11.9 Å². The fraction of sp³-hybridized carbons (Fsp3) is 0.615. The molecule has 1 fully saturated rings. The Balaban J connectivity index is 2.07. The van der Waals surface area contributed by atoms with Gasteiger partial charge in [0.05, 0.1) is 18.9 Å². The van der Waals surface area contributed by atoms with E-state index in [4.69, 9.17) is 9.47 Å². The van der Waals surface area contributed by atoms with Crippen molar-refractivity contribution in [2.45, 2.75) is 32.4 Å². The minimum atomic E-state index is 0.267. The summed E-state index contributed by atoms with van der Waals surface area (Å²) in [7, 11) is 1.92. The maximum absolute atomic E-state index is 6.01. The molecule has 4 heteroatoms. The smallest absolute Gasteiger partial charge is 0.142 e. The first-order valence-corrected chi connectivity index (χ1v) is 6.15. The lowest BCUT2D eigenvalue weighted by atomic mass is 10.1. The fourth-order valence-corrected chi connectivity index (χ4v) is 1.97. The van der Waals surface area contributed by atoms with Crippen molar-refractivity contribution in [3.8, 4) is 5.75 Å². The molecule has 0 aliphatic carbocycles. The van der Waals surface area contributed by atoms with Crippen LogP contribution in [0.2, 0.25) is 0 Å². The van der Waals surface area contributed by atoms with Gasteiger partial charge in [-0.15, -0.1) is 0 Å². The van der Waals surface area contributed by atoms with Gasteiger partial charge >= 0.3 is 0 Å². The minimum Gasteiger partial charge on any atom is -0.488 e. The van der Waals surface area contributed by atoms with Gasteiger partial charge in [-0.3, -0.25) is 4.98 Å². The van der Waals surface area contributed by atoms with Crippen LogP contribution in [0.25, 0.3) is 0 Å². The monoisotopic (exact) mass is 236 g/mol. The van der Waals surface area contributed by atoms with Gasteiger partial charge in [-0.1, -0.05) is 0 Å². The number of aryl methyl sites for hydroxylation is 1. The van der Waals surface area contributed by atoms with E-state index in [9.17, 15) is 0 Å². The Morgan fingerprint density at radius 3 is 2.88 bits per heavy atom. The number of hydrogen-bond donors (Lipinski definition) is 1. The summed E-state index contributed by atoms with van der Waals surface area (Å²) in [4.78, 5) is 4.51. The van der Waals surface area contributed by atoms with E-state index in [1.807, 2.05) is 26.1 Å². The zero-order valence-corrected chi connectivity index (χ0v) is 10.5. The summed E-state index contributed by atoms with van der Waals surface area (Å²) < 4.78 is 11.3. The molecule has 2 rings (SSSR count). The first-order valence-electron chi connectivity index (χ1n) is 6.15. The molecule has 0 atom stereocenters. The molecule has 0 spiro atoms. The van der Waals surface area contributed by atoms with E-state index < -0.39 is 0 Å². The van der Waals surface area contributed by atoms with E-state index in [2.05, 4.69) is 10.3 Å². The molecule has 0 bridgehead atoms. The van der Waals surface area contributed by atoms with Crippen LogP contribution in [0.5, 0.6) is 5.75 Å². The highest BCUT2D eigenvalue weighted by atomic mass is 16.5. The van der Waals surface area contributed by atoms with Crippen LogP contribution in [0.1, 0.15) is 24.2 Å². The minimum absolute atomic E-state index is 0.267. The summed E-state index contributed by atoms with van der Waals surface area (Å²) in [5, 5.41) is 3.12. The largest absolute Gasteiger partial charge is 0.488 e. The maximum Gasteiger partial charge on any atom is 0.142 e. The molecule has 0 radical (unpaired) electrons. The molecular weight excluding hydrogens is 216 g/mol. The predicted molar refractivity (Wildman–Crippen MR) is 66.2 cm³/mol. The highest BCUT2D eigenvalue weighted by Crippen LogP contribution is 2.21. The van der Waals surface area contributed by atoms with Crippen molar-refractivity contribution in [2.75, 3.05) is 20.3 Å². The summed E-state index contributed by atoms with van der Waals surface area (Å²) in [6.45, 7) is 4.33. The Morgan fingerprint density at radius 2 is 2.18 bits per heavy atom. The molecule has 1 aromatic rings. The third kappa shape index (κ3) is 3.41. The average molecular weight is 236 g/mol. The van der Waals surface area contributed by atoms with Crippen molar-refractivity contribution in [2.24, 2.45) is 0 Å². The Bertz CT molecular complexity index is 362. The molecule has 1 aliphatic heterocycles. The average Bonchev–Trinajstić information content (AvgIpc) is 2.34. The normalized spacial score (nSPS) is 17.1. The lowest BCUT2D eigenvalue weighted by molar-refractivity contribution is 0.0249. The molecule has 17 heavy (non-hydrogen) atoms. The first-order chi connectivity index (χ1) is 8.29. The highest BCUT2D eigenvalue weighted by Gasteiger charge is 2.17. The van der Waals surface area contributed by atoms with Crippen LogP contribution < -0.4 is 10.1 Å². The van der Waals surface area contributed by atoms with E-state index in [-0.39, 0.29) is 6.10 Å². The third-order valence-corrected chi connectivity index (χ3v) is 2.88. The van der Waals surface area contributed by atoms with Gasteiger partial charge in [0, 0.05) is 25.1 Å². The lowest BCUT2D eigenvalue weighted by Gasteiger charge is -2.24. The van der Waals surface area contributed by atoms with Gasteiger partial charge in [-0.05, 0) is 26.1 Å². The van der Waals surface area contributed by atoms with Crippen molar-refractivity contribution < 1.29 is 9.47 Å². The summed E-state index contributed by atoms with van der Waals surface area (Å²) in [5.41, 5.74) is 2.01. The van der Waals surface area contributed by atoms with Crippen LogP contribution in [0.3, 0.4) is 0 Å². The van der Waals surface area contributed by atoms with Crippen molar-refractivity contribution in [1.29, 1.82) is 0 Å². The standard InChI is InChI=1S/C13H20N2O2/c1-10-3-4-13(12(15-10)9-14-2)17-11-5-7-16-8-6-11/h3-4,11,14H,5-9H2,1-2H3. The molecule has 1 saturated heterocycles. The molecule has 1 N–H and O–H groups in total. The van der Waals surface area contributed by atoms with Crippen LogP contribution in [0, 0.1) is 6.92 Å². The number of nitrogens with zero attached hydrogens (tertiary/aromatic N) is 1. The van der Waals surface area contributed by atoms with Gasteiger partial charge < -0.3 is 14.8 Å². The molecule has 0 aromatic carbocycles. The van der Waals surface area contributed by atoms with Crippen molar-refractivity contribution >= 4 is 0 Å². The number of nitrogens with one attached hydrogen (secondary N) is 1. The second-order valence-corrected chi connectivity index (χ2v) is 4.36. The van der Waals surface area contributed by atoms with Crippen molar-refractivity contribution in [3.05, 3.63) is 23.5 Å². The number of pyridine rings is 1.